The average molecular weight is 215 g/mol. The Kier molecular flexibility index (Phi) is 2.23. The molecule has 4 nitrogen and oxygen atoms in total. The van der Waals surface area contributed by atoms with Gasteiger partial charge in [-0.15, -0.1) is 0 Å². The quantitative estimate of drug-likeness (QED) is 0.834. The molecule has 76 valence electrons. The van der Waals surface area contributed by atoms with Crippen molar-refractivity contribution in [2.75, 3.05) is 0 Å². The molecule has 2 rings (SSSR count). The molecule has 2 atom stereocenters. The van der Waals surface area contributed by atoms with E-state index in [2.05, 4.69) is 4.98 Å². The van der Waals surface area contributed by atoms with Crippen molar-refractivity contribution >= 4 is 17.6 Å². The molecule has 1 N–H and O–H groups in total. The number of aromatic nitrogens is 2. The molecule has 1 aliphatic rings. The summed E-state index contributed by atoms with van der Waals surface area (Å²) in [6, 6.07) is 0. The monoisotopic (exact) mass is 214 g/mol. The normalized spacial score (nSPS) is 25.0. The predicted octanol–water partition coefficient (Wildman–Crippen LogP) is 1.74. The first-order valence-corrected chi connectivity index (χ1v) is 4.96. The molecule has 1 aromatic rings. The molecule has 0 saturated heterocycles. The van der Waals surface area contributed by atoms with Crippen molar-refractivity contribution in [1.82, 2.24) is 9.55 Å². The second-order valence-electron chi connectivity index (χ2n) is 3.49. The lowest BCUT2D eigenvalue weighted by molar-refractivity contribution is -0.138. The first-order valence-electron chi connectivity index (χ1n) is 4.58. The summed E-state index contributed by atoms with van der Waals surface area (Å²) < 4.78 is 1.91. The van der Waals surface area contributed by atoms with Crippen molar-refractivity contribution in [3.8, 4) is 0 Å². The number of carboxylic acids is 1. The Bertz CT molecular complexity index is 375. The Morgan fingerprint density at radius 3 is 3.07 bits per heavy atom. The highest BCUT2D eigenvalue weighted by Gasteiger charge is 2.47. The minimum atomic E-state index is -0.741. The van der Waals surface area contributed by atoms with Crippen LogP contribution in [0.4, 0.5) is 0 Å². The molecular formula is C9H11ClN2O2. The molecule has 0 spiro atoms. The van der Waals surface area contributed by atoms with Gasteiger partial charge in [0, 0.05) is 12.5 Å². The van der Waals surface area contributed by atoms with Crippen LogP contribution in [0.3, 0.4) is 0 Å². The summed E-state index contributed by atoms with van der Waals surface area (Å²) in [5, 5.41) is 9.25. The van der Waals surface area contributed by atoms with Crippen molar-refractivity contribution < 1.29 is 9.90 Å². The van der Waals surface area contributed by atoms with Crippen molar-refractivity contribution in [3.63, 3.8) is 0 Å². The Morgan fingerprint density at radius 1 is 1.86 bits per heavy atom. The largest absolute Gasteiger partial charge is 0.481 e. The summed E-state index contributed by atoms with van der Waals surface area (Å²) in [7, 11) is 0. The van der Waals surface area contributed by atoms with E-state index < -0.39 is 5.97 Å². The van der Waals surface area contributed by atoms with E-state index in [0.717, 1.165) is 12.2 Å². The van der Waals surface area contributed by atoms with Gasteiger partial charge >= 0.3 is 5.97 Å². The summed E-state index contributed by atoms with van der Waals surface area (Å²) >= 11 is 5.90. The van der Waals surface area contributed by atoms with E-state index in [1.54, 1.807) is 6.33 Å². The van der Waals surface area contributed by atoms with Gasteiger partial charge in [0.2, 0.25) is 0 Å². The van der Waals surface area contributed by atoms with E-state index in [-0.39, 0.29) is 11.8 Å². The van der Waals surface area contributed by atoms with Crippen molar-refractivity contribution in [2.45, 2.75) is 25.8 Å². The molecular weight excluding hydrogens is 204 g/mol. The highest BCUT2D eigenvalue weighted by atomic mass is 35.5. The smallest absolute Gasteiger partial charge is 0.307 e. The first kappa shape index (κ1) is 9.52. The second kappa shape index (κ2) is 3.28. The first-order chi connectivity index (χ1) is 6.65. The number of carbonyl (C=O) groups is 1. The Hall–Kier alpha value is -1.03. The van der Waals surface area contributed by atoms with Crippen LogP contribution in [0.2, 0.25) is 5.15 Å². The fourth-order valence-electron chi connectivity index (χ4n) is 1.76. The van der Waals surface area contributed by atoms with Gasteiger partial charge in [0.1, 0.15) is 0 Å². The van der Waals surface area contributed by atoms with Gasteiger partial charge in [-0.1, -0.05) is 11.6 Å². The van der Waals surface area contributed by atoms with Crippen LogP contribution in [0.5, 0.6) is 0 Å². The summed E-state index contributed by atoms with van der Waals surface area (Å²) in [6.07, 6.45) is 2.34. The molecule has 14 heavy (non-hydrogen) atoms. The molecule has 2 unspecified atom stereocenters. The Morgan fingerprint density at radius 2 is 2.57 bits per heavy atom. The molecule has 0 aromatic carbocycles. The molecule has 0 aliphatic heterocycles. The van der Waals surface area contributed by atoms with Crippen LogP contribution in [0.15, 0.2) is 6.33 Å². The number of hydrogen-bond acceptors (Lipinski definition) is 2. The van der Waals surface area contributed by atoms with E-state index in [1.165, 1.54) is 0 Å². The lowest BCUT2D eigenvalue weighted by atomic mass is 10.2. The predicted molar refractivity (Wildman–Crippen MR) is 51.4 cm³/mol. The zero-order valence-electron chi connectivity index (χ0n) is 7.77. The maximum atomic E-state index is 10.7. The van der Waals surface area contributed by atoms with Gasteiger partial charge in [0.05, 0.1) is 17.9 Å². The van der Waals surface area contributed by atoms with Crippen LogP contribution in [-0.4, -0.2) is 20.6 Å². The molecule has 1 fully saturated rings. The minimum Gasteiger partial charge on any atom is -0.481 e. The van der Waals surface area contributed by atoms with E-state index in [1.807, 2.05) is 11.5 Å². The lowest BCUT2D eigenvalue weighted by Crippen LogP contribution is -2.03. The highest BCUT2D eigenvalue weighted by Crippen LogP contribution is 2.49. The number of hydrogen-bond donors (Lipinski definition) is 1. The number of aryl methyl sites for hydroxylation is 1. The van der Waals surface area contributed by atoms with Crippen molar-refractivity contribution in [3.05, 3.63) is 17.2 Å². The summed E-state index contributed by atoms with van der Waals surface area (Å²) in [5.41, 5.74) is 0.876. The second-order valence-corrected chi connectivity index (χ2v) is 3.85. The fourth-order valence-corrected chi connectivity index (χ4v) is 2.05. The molecule has 1 heterocycles. The third kappa shape index (κ3) is 1.39. The van der Waals surface area contributed by atoms with Gasteiger partial charge in [0.25, 0.3) is 0 Å². The number of rotatable bonds is 3. The standard InChI is InChI=1S/C9H11ClN2O2/c1-2-12-4-11-8(10)7(12)5-3-6(5)9(13)14/h4-6H,2-3H2,1H3,(H,13,14). The highest BCUT2D eigenvalue weighted by molar-refractivity contribution is 6.30. The topological polar surface area (TPSA) is 55.1 Å². The van der Waals surface area contributed by atoms with Crippen LogP contribution in [0, 0.1) is 5.92 Å². The maximum Gasteiger partial charge on any atom is 0.307 e. The summed E-state index contributed by atoms with van der Waals surface area (Å²) in [5.74, 6) is -0.952. The fraction of sp³-hybridized carbons (Fsp3) is 0.556. The van der Waals surface area contributed by atoms with Gasteiger partial charge in [-0.3, -0.25) is 4.79 Å². The SMILES string of the molecule is CCn1cnc(Cl)c1C1CC1C(=O)O. The summed E-state index contributed by atoms with van der Waals surface area (Å²) in [6.45, 7) is 2.76. The van der Waals surface area contributed by atoms with E-state index in [4.69, 9.17) is 16.7 Å². The number of aliphatic carboxylic acids is 1. The Balaban J connectivity index is 2.25. The van der Waals surface area contributed by atoms with Crippen LogP contribution >= 0.6 is 11.6 Å². The molecule has 0 bridgehead atoms. The van der Waals surface area contributed by atoms with Gasteiger partial charge in [0.15, 0.2) is 5.15 Å². The zero-order valence-corrected chi connectivity index (χ0v) is 8.53. The van der Waals surface area contributed by atoms with E-state index in [9.17, 15) is 4.79 Å². The molecule has 0 amide bonds. The minimum absolute atomic E-state index is 0.0578. The van der Waals surface area contributed by atoms with Gasteiger partial charge in [-0.2, -0.15) is 0 Å². The van der Waals surface area contributed by atoms with Gasteiger partial charge in [-0.25, -0.2) is 4.98 Å². The van der Waals surface area contributed by atoms with Crippen molar-refractivity contribution in [2.24, 2.45) is 5.92 Å². The Labute approximate surface area is 86.5 Å². The maximum absolute atomic E-state index is 10.7. The van der Waals surface area contributed by atoms with Crippen LogP contribution in [0.1, 0.15) is 25.0 Å². The van der Waals surface area contributed by atoms with Gasteiger partial charge < -0.3 is 9.67 Å². The molecule has 1 aliphatic carbocycles. The molecule has 1 saturated carbocycles. The van der Waals surface area contributed by atoms with E-state index in [0.29, 0.717) is 11.6 Å². The van der Waals surface area contributed by atoms with E-state index >= 15 is 0 Å². The third-order valence-electron chi connectivity index (χ3n) is 2.63. The van der Waals surface area contributed by atoms with Crippen LogP contribution in [-0.2, 0) is 11.3 Å². The lowest BCUT2D eigenvalue weighted by Gasteiger charge is -2.03. The number of nitrogens with zero attached hydrogens (tertiary/aromatic N) is 2. The third-order valence-corrected chi connectivity index (χ3v) is 2.92. The number of imidazole rings is 1. The molecule has 1 aromatic heterocycles. The van der Waals surface area contributed by atoms with Crippen molar-refractivity contribution in [1.29, 1.82) is 0 Å². The van der Waals surface area contributed by atoms with Gasteiger partial charge in [-0.05, 0) is 13.3 Å². The zero-order chi connectivity index (χ0) is 10.3. The summed E-state index contributed by atoms with van der Waals surface area (Å²) in [4.78, 5) is 14.7. The number of carboxylic acid groups (broad SMARTS) is 1. The number of halogens is 1. The molecule has 5 heteroatoms. The average Bonchev–Trinajstić information content (AvgIpc) is 2.84. The van der Waals surface area contributed by atoms with Crippen LogP contribution < -0.4 is 0 Å². The molecule has 0 radical (unpaired) electrons. The van der Waals surface area contributed by atoms with Crippen LogP contribution in [0.25, 0.3) is 0 Å².